The molecular formula is C29H44N4O5. The van der Waals surface area contributed by atoms with Gasteiger partial charge in [0.05, 0.1) is 0 Å². The minimum absolute atomic E-state index is 0.0368. The Balaban J connectivity index is 2.48. The maximum Gasteiger partial charge on any atom is 0.408 e. The first-order chi connectivity index (χ1) is 17.8. The Kier molecular flexibility index (Phi) is 11.4. The van der Waals surface area contributed by atoms with Crippen molar-refractivity contribution in [3.63, 3.8) is 0 Å². The van der Waals surface area contributed by atoms with Gasteiger partial charge in [-0.25, -0.2) is 4.79 Å². The van der Waals surface area contributed by atoms with Crippen LogP contribution >= 0.6 is 0 Å². The second-order valence-corrected chi connectivity index (χ2v) is 11.2. The lowest BCUT2D eigenvalue weighted by Gasteiger charge is -2.35. The van der Waals surface area contributed by atoms with Crippen LogP contribution in [0.1, 0.15) is 88.4 Å². The molecule has 1 fully saturated rings. The van der Waals surface area contributed by atoms with Crippen molar-refractivity contribution in [3.05, 3.63) is 47.5 Å². The first kappa shape index (κ1) is 30.9. The van der Waals surface area contributed by atoms with Gasteiger partial charge in [0.25, 0.3) is 0 Å². The van der Waals surface area contributed by atoms with Crippen LogP contribution in [0.4, 0.5) is 4.79 Å². The average Bonchev–Trinajstić information content (AvgIpc) is 2.79. The van der Waals surface area contributed by atoms with Gasteiger partial charge in [0, 0.05) is 19.0 Å². The quantitative estimate of drug-likeness (QED) is 0.374. The molecule has 0 bridgehead atoms. The number of nitrogens with zero attached hydrogens (tertiary/aromatic N) is 1. The second-order valence-electron chi connectivity index (χ2n) is 11.2. The van der Waals surface area contributed by atoms with Crippen molar-refractivity contribution in [2.24, 2.45) is 5.73 Å². The van der Waals surface area contributed by atoms with Crippen LogP contribution in [-0.4, -0.2) is 52.9 Å². The van der Waals surface area contributed by atoms with Gasteiger partial charge >= 0.3 is 6.09 Å². The van der Waals surface area contributed by atoms with Gasteiger partial charge in [-0.1, -0.05) is 54.7 Å². The van der Waals surface area contributed by atoms with Crippen molar-refractivity contribution >= 4 is 23.8 Å². The number of nitrogens with two attached hydrogens (primary N) is 1. The van der Waals surface area contributed by atoms with Crippen LogP contribution in [-0.2, 0) is 19.1 Å². The molecule has 9 nitrogen and oxygen atoms in total. The minimum atomic E-state index is -1.13. The van der Waals surface area contributed by atoms with Crippen LogP contribution in [0.2, 0.25) is 0 Å². The zero-order valence-corrected chi connectivity index (χ0v) is 23.5. The van der Waals surface area contributed by atoms with E-state index in [-0.39, 0.29) is 31.3 Å². The highest BCUT2D eigenvalue weighted by molar-refractivity contribution is 5.92. The van der Waals surface area contributed by atoms with Crippen LogP contribution in [0.15, 0.2) is 30.9 Å². The standard InChI is InChI=1S/C29H44N4O5/c1-7-15-33(27(36)23(13-14-24(30)34)32-28(37)38-29(4,5)6)25(21-17-19(2)16-20(3)18-21)26(35)31-22-11-9-8-10-12-22/h7,16-18,22-23,25H,1,8-15H2,2-6H3,(H2,30,34)(H,31,35)(H,32,37). The van der Waals surface area contributed by atoms with Crippen molar-refractivity contribution in [1.82, 2.24) is 15.5 Å². The highest BCUT2D eigenvalue weighted by Gasteiger charge is 2.36. The van der Waals surface area contributed by atoms with E-state index in [0.717, 1.165) is 43.2 Å². The summed E-state index contributed by atoms with van der Waals surface area (Å²) in [5, 5.41) is 5.75. The molecule has 0 heterocycles. The molecule has 1 aliphatic rings. The largest absolute Gasteiger partial charge is 0.444 e. The van der Waals surface area contributed by atoms with E-state index < -0.39 is 35.6 Å². The molecular weight excluding hydrogens is 484 g/mol. The summed E-state index contributed by atoms with van der Waals surface area (Å²) in [5.41, 5.74) is 7.15. The first-order valence-corrected chi connectivity index (χ1v) is 13.4. The lowest BCUT2D eigenvalue weighted by molar-refractivity contribution is -0.142. The number of hydrogen-bond acceptors (Lipinski definition) is 5. The molecule has 0 aromatic heterocycles. The summed E-state index contributed by atoms with van der Waals surface area (Å²) in [6.07, 6.45) is 5.60. The third-order valence-corrected chi connectivity index (χ3v) is 6.35. The molecule has 0 saturated heterocycles. The predicted octanol–water partition coefficient (Wildman–Crippen LogP) is 3.97. The highest BCUT2D eigenvalue weighted by Crippen LogP contribution is 2.27. The molecule has 1 saturated carbocycles. The SMILES string of the molecule is C=CCN(C(=O)C(CCC(N)=O)NC(=O)OC(C)(C)C)C(C(=O)NC1CCCCC1)c1cc(C)cc(C)c1. The fraction of sp³-hybridized carbons (Fsp3) is 0.586. The summed E-state index contributed by atoms with van der Waals surface area (Å²) in [5.74, 6) is -1.42. The molecule has 38 heavy (non-hydrogen) atoms. The summed E-state index contributed by atoms with van der Waals surface area (Å²) >= 11 is 0. The van der Waals surface area contributed by atoms with E-state index in [1.54, 1.807) is 26.8 Å². The number of aryl methyl sites for hydroxylation is 2. The number of amides is 4. The third kappa shape index (κ3) is 9.84. The van der Waals surface area contributed by atoms with E-state index in [9.17, 15) is 19.2 Å². The molecule has 1 aliphatic carbocycles. The van der Waals surface area contributed by atoms with Gasteiger partial charge in [-0.3, -0.25) is 14.4 Å². The molecule has 4 N–H and O–H groups in total. The Bertz CT molecular complexity index is 990. The molecule has 0 spiro atoms. The smallest absolute Gasteiger partial charge is 0.408 e. The number of ether oxygens (including phenoxy) is 1. The minimum Gasteiger partial charge on any atom is -0.444 e. The molecule has 0 aliphatic heterocycles. The zero-order chi connectivity index (χ0) is 28.5. The lowest BCUT2D eigenvalue weighted by Crippen LogP contribution is -2.54. The van der Waals surface area contributed by atoms with Gasteiger partial charge in [-0.2, -0.15) is 0 Å². The molecule has 4 amide bonds. The monoisotopic (exact) mass is 528 g/mol. The van der Waals surface area contributed by atoms with Gasteiger partial charge in [0.1, 0.15) is 17.7 Å². The Labute approximate surface area is 226 Å². The van der Waals surface area contributed by atoms with Crippen molar-refractivity contribution in [1.29, 1.82) is 0 Å². The van der Waals surface area contributed by atoms with E-state index in [1.807, 2.05) is 32.0 Å². The Hall–Kier alpha value is -3.36. The Morgan fingerprint density at radius 1 is 1.11 bits per heavy atom. The topological polar surface area (TPSA) is 131 Å². The highest BCUT2D eigenvalue weighted by atomic mass is 16.6. The fourth-order valence-electron chi connectivity index (χ4n) is 4.82. The van der Waals surface area contributed by atoms with Crippen molar-refractivity contribution in [3.8, 4) is 0 Å². The lowest BCUT2D eigenvalue weighted by atomic mass is 9.94. The van der Waals surface area contributed by atoms with E-state index in [2.05, 4.69) is 17.2 Å². The van der Waals surface area contributed by atoms with Crippen molar-refractivity contribution in [2.45, 2.75) is 103 Å². The maximum absolute atomic E-state index is 14.0. The molecule has 2 rings (SSSR count). The van der Waals surface area contributed by atoms with E-state index in [4.69, 9.17) is 10.5 Å². The van der Waals surface area contributed by atoms with Gasteiger partial charge in [0.15, 0.2) is 0 Å². The number of primary amides is 1. The number of benzene rings is 1. The summed E-state index contributed by atoms with van der Waals surface area (Å²) in [6, 6.07) is 3.73. The molecule has 2 unspecified atom stereocenters. The van der Waals surface area contributed by atoms with Crippen LogP contribution in [0.3, 0.4) is 0 Å². The van der Waals surface area contributed by atoms with Crippen LogP contribution in [0.5, 0.6) is 0 Å². The van der Waals surface area contributed by atoms with Crippen LogP contribution < -0.4 is 16.4 Å². The summed E-state index contributed by atoms with van der Waals surface area (Å²) in [7, 11) is 0. The van der Waals surface area contributed by atoms with Gasteiger partial charge in [-0.15, -0.1) is 6.58 Å². The normalized spacial score (nSPS) is 15.6. The number of nitrogens with one attached hydrogen (secondary N) is 2. The predicted molar refractivity (Wildman–Crippen MR) is 147 cm³/mol. The number of carbonyl (C=O) groups is 4. The summed E-state index contributed by atoms with van der Waals surface area (Å²) in [6.45, 7) is 12.9. The maximum atomic E-state index is 14.0. The number of rotatable bonds is 11. The summed E-state index contributed by atoms with van der Waals surface area (Å²) < 4.78 is 5.35. The van der Waals surface area contributed by atoms with Gasteiger partial charge < -0.3 is 26.0 Å². The molecule has 9 heteroatoms. The molecule has 1 aromatic rings. The molecule has 2 atom stereocenters. The number of hydrogen-bond donors (Lipinski definition) is 3. The molecule has 1 aromatic carbocycles. The van der Waals surface area contributed by atoms with Crippen molar-refractivity contribution < 1.29 is 23.9 Å². The van der Waals surface area contributed by atoms with Crippen LogP contribution in [0.25, 0.3) is 0 Å². The fourth-order valence-corrected chi connectivity index (χ4v) is 4.82. The zero-order valence-electron chi connectivity index (χ0n) is 23.5. The van der Waals surface area contributed by atoms with E-state index in [0.29, 0.717) is 5.56 Å². The van der Waals surface area contributed by atoms with Crippen LogP contribution in [0, 0.1) is 13.8 Å². The molecule has 210 valence electrons. The second kappa shape index (κ2) is 14.0. The molecule has 0 radical (unpaired) electrons. The third-order valence-electron chi connectivity index (χ3n) is 6.35. The first-order valence-electron chi connectivity index (χ1n) is 13.4. The van der Waals surface area contributed by atoms with Gasteiger partial charge in [0.2, 0.25) is 17.7 Å². The Morgan fingerprint density at radius 3 is 2.24 bits per heavy atom. The van der Waals surface area contributed by atoms with E-state index in [1.165, 1.54) is 4.90 Å². The van der Waals surface area contributed by atoms with Gasteiger partial charge in [-0.05, 0) is 59.4 Å². The van der Waals surface area contributed by atoms with E-state index >= 15 is 0 Å². The Morgan fingerprint density at radius 2 is 1.71 bits per heavy atom. The van der Waals surface area contributed by atoms with Crippen molar-refractivity contribution in [2.75, 3.05) is 6.54 Å². The summed E-state index contributed by atoms with van der Waals surface area (Å²) in [4.78, 5) is 53.4. The number of carbonyl (C=O) groups excluding carboxylic acids is 4. The number of alkyl carbamates (subject to hydrolysis) is 1. The average molecular weight is 529 g/mol.